The highest BCUT2D eigenvalue weighted by atomic mass is 35.5. The molecule has 2 atom stereocenters. The lowest BCUT2D eigenvalue weighted by molar-refractivity contribution is -0.120. The van der Waals surface area contributed by atoms with Crippen molar-refractivity contribution in [1.29, 1.82) is 0 Å². The zero-order valence-electron chi connectivity index (χ0n) is 12.4. The van der Waals surface area contributed by atoms with Gasteiger partial charge in [0, 0.05) is 23.7 Å². The van der Waals surface area contributed by atoms with E-state index < -0.39 is 6.61 Å². The normalized spacial score (nSPS) is 21.1. The second-order valence-corrected chi connectivity index (χ2v) is 5.47. The van der Waals surface area contributed by atoms with Gasteiger partial charge in [0.2, 0.25) is 5.91 Å². The highest BCUT2D eigenvalue weighted by Crippen LogP contribution is 2.27. The zero-order chi connectivity index (χ0) is 15.4. The van der Waals surface area contributed by atoms with E-state index in [1.54, 1.807) is 19.1 Å². The molecule has 1 aliphatic rings. The fourth-order valence-electron chi connectivity index (χ4n) is 2.61. The number of anilines is 1. The number of alkyl halides is 2. The largest absolute Gasteiger partial charge is 0.434 e. The van der Waals surface area contributed by atoms with E-state index in [4.69, 9.17) is 5.73 Å². The van der Waals surface area contributed by atoms with Gasteiger partial charge in [-0.3, -0.25) is 4.79 Å². The average Bonchev–Trinajstić information content (AvgIpc) is 2.42. The SMILES string of the molecule is Cc1ccc(NC(=O)C2CCCC(N)C2)cc1OC(F)F.Cl. The molecule has 1 aromatic rings. The van der Waals surface area contributed by atoms with Gasteiger partial charge in [0.05, 0.1) is 0 Å². The summed E-state index contributed by atoms with van der Waals surface area (Å²) in [5, 5.41) is 2.75. The minimum Gasteiger partial charge on any atom is -0.434 e. The molecule has 1 aromatic carbocycles. The Bertz CT molecular complexity index is 514. The first-order valence-corrected chi connectivity index (χ1v) is 7.07. The number of hydrogen-bond donors (Lipinski definition) is 2. The van der Waals surface area contributed by atoms with Gasteiger partial charge in [-0.1, -0.05) is 12.5 Å². The van der Waals surface area contributed by atoms with Crippen LogP contribution in [0.2, 0.25) is 0 Å². The Labute approximate surface area is 134 Å². The number of carbonyl (C=O) groups excluding carboxylic acids is 1. The number of aryl methyl sites for hydroxylation is 1. The Balaban J connectivity index is 0.00000242. The minimum atomic E-state index is -2.88. The van der Waals surface area contributed by atoms with E-state index in [2.05, 4.69) is 10.1 Å². The Kier molecular flexibility index (Phi) is 7.03. The van der Waals surface area contributed by atoms with Gasteiger partial charge in [-0.05, 0) is 37.8 Å². The maximum Gasteiger partial charge on any atom is 0.387 e. The monoisotopic (exact) mass is 334 g/mol. The van der Waals surface area contributed by atoms with Gasteiger partial charge in [-0.25, -0.2) is 0 Å². The number of carbonyl (C=O) groups is 1. The molecule has 22 heavy (non-hydrogen) atoms. The van der Waals surface area contributed by atoms with Crippen molar-refractivity contribution in [2.75, 3.05) is 5.32 Å². The van der Waals surface area contributed by atoms with Gasteiger partial charge >= 0.3 is 6.61 Å². The first kappa shape index (κ1) is 18.6. The third kappa shape index (κ3) is 5.10. The van der Waals surface area contributed by atoms with Crippen LogP contribution in [0, 0.1) is 12.8 Å². The van der Waals surface area contributed by atoms with Crippen molar-refractivity contribution >= 4 is 24.0 Å². The van der Waals surface area contributed by atoms with E-state index in [0.29, 0.717) is 17.7 Å². The quantitative estimate of drug-likeness (QED) is 0.886. The van der Waals surface area contributed by atoms with Gasteiger partial charge in [-0.2, -0.15) is 8.78 Å². The summed E-state index contributed by atoms with van der Waals surface area (Å²) in [5.41, 5.74) is 6.92. The average molecular weight is 335 g/mol. The van der Waals surface area contributed by atoms with Crippen LogP contribution in [0.5, 0.6) is 5.75 Å². The fraction of sp³-hybridized carbons (Fsp3) is 0.533. The molecule has 124 valence electrons. The summed E-state index contributed by atoms with van der Waals surface area (Å²) < 4.78 is 29.0. The van der Waals surface area contributed by atoms with Gasteiger partial charge in [-0.15, -0.1) is 12.4 Å². The molecule has 0 bridgehead atoms. The van der Waals surface area contributed by atoms with Gasteiger partial charge in [0.15, 0.2) is 0 Å². The summed E-state index contributed by atoms with van der Waals surface area (Å²) in [5.74, 6) is -0.158. The van der Waals surface area contributed by atoms with E-state index in [1.165, 1.54) is 6.07 Å². The summed E-state index contributed by atoms with van der Waals surface area (Å²) in [6, 6.07) is 4.79. The predicted molar refractivity (Wildman–Crippen MR) is 83.6 cm³/mol. The van der Waals surface area contributed by atoms with Crippen molar-refractivity contribution in [3.05, 3.63) is 23.8 Å². The number of hydrogen-bond acceptors (Lipinski definition) is 3. The van der Waals surface area contributed by atoms with Crippen LogP contribution in [0.1, 0.15) is 31.2 Å². The first-order chi connectivity index (χ1) is 9.95. The van der Waals surface area contributed by atoms with Crippen molar-refractivity contribution < 1.29 is 18.3 Å². The zero-order valence-corrected chi connectivity index (χ0v) is 13.2. The molecule has 1 amide bonds. The summed E-state index contributed by atoms with van der Waals surface area (Å²) in [6.45, 7) is -1.21. The number of nitrogens with two attached hydrogens (primary N) is 1. The Hall–Kier alpha value is -1.40. The summed E-state index contributed by atoms with van der Waals surface area (Å²) in [6.07, 6.45) is 3.36. The number of benzene rings is 1. The first-order valence-electron chi connectivity index (χ1n) is 7.07. The predicted octanol–water partition coefficient (Wildman–Crippen LogP) is 3.47. The third-order valence-electron chi connectivity index (χ3n) is 3.76. The van der Waals surface area contributed by atoms with Crippen LogP contribution in [0.15, 0.2) is 18.2 Å². The van der Waals surface area contributed by atoms with Crippen LogP contribution in [0.3, 0.4) is 0 Å². The Morgan fingerprint density at radius 2 is 2.14 bits per heavy atom. The molecule has 2 rings (SSSR count). The lowest BCUT2D eigenvalue weighted by Crippen LogP contribution is -2.34. The Morgan fingerprint density at radius 3 is 2.77 bits per heavy atom. The van der Waals surface area contributed by atoms with Crippen LogP contribution >= 0.6 is 12.4 Å². The van der Waals surface area contributed by atoms with Gasteiger partial charge in [0.25, 0.3) is 0 Å². The van der Waals surface area contributed by atoms with E-state index in [0.717, 1.165) is 19.3 Å². The van der Waals surface area contributed by atoms with E-state index >= 15 is 0 Å². The van der Waals surface area contributed by atoms with Crippen LogP contribution in [-0.2, 0) is 4.79 Å². The van der Waals surface area contributed by atoms with Gasteiger partial charge in [0.1, 0.15) is 5.75 Å². The second-order valence-electron chi connectivity index (χ2n) is 5.47. The summed E-state index contributed by atoms with van der Waals surface area (Å²) in [4.78, 5) is 12.2. The molecular formula is C15H21ClF2N2O2. The van der Waals surface area contributed by atoms with Crippen molar-refractivity contribution in [3.8, 4) is 5.75 Å². The molecule has 0 heterocycles. The van der Waals surface area contributed by atoms with E-state index in [-0.39, 0.29) is 36.0 Å². The smallest absolute Gasteiger partial charge is 0.387 e. The lowest BCUT2D eigenvalue weighted by Gasteiger charge is -2.25. The molecule has 0 aliphatic heterocycles. The standard InChI is InChI=1S/C15H20F2N2O2.ClH/c1-9-5-6-12(8-13(9)21-15(16)17)19-14(20)10-3-2-4-11(18)7-10;/h5-6,8,10-11,15H,2-4,7,18H2,1H3,(H,19,20);1H. The van der Waals surface area contributed by atoms with E-state index in [9.17, 15) is 13.6 Å². The third-order valence-corrected chi connectivity index (χ3v) is 3.76. The van der Waals surface area contributed by atoms with Crippen molar-refractivity contribution in [3.63, 3.8) is 0 Å². The molecule has 2 unspecified atom stereocenters. The topological polar surface area (TPSA) is 64.4 Å². The fourth-order valence-corrected chi connectivity index (χ4v) is 2.61. The number of ether oxygens (including phenoxy) is 1. The minimum absolute atomic E-state index is 0. The molecule has 0 radical (unpaired) electrons. The Morgan fingerprint density at radius 1 is 1.41 bits per heavy atom. The number of rotatable bonds is 4. The molecule has 1 saturated carbocycles. The number of halogens is 3. The maximum atomic E-state index is 12.3. The number of nitrogens with one attached hydrogen (secondary N) is 1. The molecule has 4 nitrogen and oxygen atoms in total. The van der Waals surface area contributed by atoms with Crippen molar-refractivity contribution in [1.82, 2.24) is 0 Å². The molecule has 0 saturated heterocycles. The molecule has 1 fully saturated rings. The van der Waals surface area contributed by atoms with Crippen LogP contribution in [0.25, 0.3) is 0 Å². The van der Waals surface area contributed by atoms with Crippen LogP contribution in [-0.4, -0.2) is 18.6 Å². The van der Waals surface area contributed by atoms with Crippen LogP contribution in [0.4, 0.5) is 14.5 Å². The molecule has 0 spiro atoms. The highest BCUT2D eigenvalue weighted by molar-refractivity contribution is 5.92. The molecule has 7 heteroatoms. The summed E-state index contributed by atoms with van der Waals surface area (Å²) in [7, 11) is 0. The van der Waals surface area contributed by atoms with Crippen LogP contribution < -0.4 is 15.8 Å². The lowest BCUT2D eigenvalue weighted by atomic mass is 9.85. The highest BCUT2D eigenvalue weighted by Gasteiger charge is 2.25. The molecular weight excluding hydrogens is 314 g/mol. The molecule has 0 aromatic heterocycles. The van der Waals surface area contributed by atoms with Gasteiger partial charge < -0.3 is 15.8 Å². The number of amides is 1. The second kappa shape index (κ2) is 8.29. The maximum absolute atomic E-state index is 12.3. The molecule has 1 aliphatic carbocycles. The van der Waals surface area contributed by atoms with Crippen molar-refractivity contribution in [2.24, 2.45) is 11.7 Å². The summed E-state index contributed by atoms with van der Waals surface area (Å²) >= 11 is 0. The van der Waals surface area contributed by atoms with E-state index in [1.807, 2.05) is 0 Å². The van der Waals surface area contributed by atoms with Crippen molar-refractivity contribution in [2.45, 2.75) is 45.3 Å². The molecule has 3 N–H and O–H groups in total.